The smallest absolute Gasteiger partial charge is 0.261 e. The fraction of sp³-hybridized carbons (Fsp3) is 0.160. The molecule has 0 saturated heterocycles. The molecule has 0 fully saturated rings. The summed E-state index contributed by atoms with van der Waals surface area (Å²) in [6.07, 6.45) is 1.44. The maximum Gasteiger partial charge on any atom is 0.261 e. The second-order valence-electron chi connectivity index (χ2n) is 7.78. The van der Waals surface area contributed by atoms with E-state index in [1.807, 2.05) is 30.3 Å². The van der Waals surface area contributed by atoms with E-state index in [9.17, 15) is 18.8 Å². The first-order valence-corrected chi connectivity index (χ1v) is 10.2. The Labute approximate surface area is 178 Å². The van der Waals surface area contributed by atoms with Gasteiger partial charge in [0.05, 0.1) is 17.7 Å². The highest BCUT2D eigenvalue weighted by Gasteiger charge is 2.36. The zero-order valence-corrected chi connectivity index (χ0v) is 16.7. The molecule has 0 spiro atoms. The fourth-order valence-corrected chi connectivity index (χ4v) is 4.27. The van der Waals surface area contributed by atoms with Gasteiger partial charge in [0.25, 0.3) is 17.7 Å². The Morgan fingerprint density at radius 2 is 1.68 bits per heavy atom. The van der Waals surface area contributed by atoms with Crippen molar-refractivity contribution in [2.75, 3.05) is 11.4 Å². The van der Waals surface area contributed by atoms with Crippen LogP contribution in [0.2, 0.25) is 0 Å². The second-order valence-corrected chi connectivity index (χ2v) is 7.78. The monoisotopic (exact) mass is 414 g/mol. The zero-order valence-electron chi connectivity index (χ0n) is 16.7. The third-order valence-corrected chi connectivity index (χ3v) is 5.81. The number of anilines is 1. The number of imide groups is 1. The van der Waals surface area contributed by atoms with Gasteiger partial charge in [-0.1, -0.05) is 30.3 Å². The van der Waals surface area contributed by atoms with Gasteiger partial charge in [-0.2, -0.15) is 0 Å². The molecule has 0 aliphatic carbocycles. The molecule has 2 heterocycles. The summed E-state index contributed by atoms with van der Waals surface area (Å²) in [6, 6.07) is 18.3. The molecule has 0 N–H and O–H groups in total. The number of hydrogen-bond acceptors (Lipinski definition) is 3. The zero-order chi connectivity index (χ0) is 21.5. The van der Waals surface area contributed by atoms with E-state index in [0.29, 0.717) is 29.8 Å². The van der Waals surface area contributed by atoms with E-state index < -0.39 is 5.91 Å². The van der Waals surface area contributed by atoms with E-state index in [1.54, 1.807) is 23.1 Å². The summed E-state index contributed by atoms with van der Waals surface area (Å²) < 4.78 is 13.6. The van der Waals surface area contributed by atoms with Crippen molar-refractivity contribution in [2.24, 2.45) is 0 Å². The number of aryl methyl sites for hydroxylation is 1. The van der Waals surface area contributed by atoms with Crippen LogP contribution in [0, 0.1) is 5.82 Å². The first kappa shape index (κ1) is 19.2. The fourth-order valence-electron chi connectivity index (χ4n) is 4.27. The Bertz CT molecular complexity index is 1220. The molecule has 0 atom stereocenters. The molecule has 3 aromatic carbocycles. The predicted molar refractivity (Wildman–Crippen MR) is 113 cm³/mol. The largest absolute Gasteiger partial charge is 0.308 e. The SMILES string of the molecule is O=C1c2ccc(C(=O)N3CCCc4cc(F)ccc43)cc2C(=O)N1Cc1ccccc1. The number of fused-ring (bicyclic) bond motifs is 2. The first-order valence-electron chi connectivity index (χ1n) is 10.2. The van der Waals surface area contributed by atoms with Crippen molar-refractivity contribution in [3.8, 4) is 0 Å². The van der Waals surface area contributed by atoms with Crippen LogP contribution in [-0.4, -0.2) is 29.2 Å². The van der Waals surface area contributed by atoms with Crippen LogP contribution in [0.25, 0.3) is 0 Å². The summed E-state index contributed by atoms with van der Waals surface area (Å²) in [7, 11) is 0. The van der Waals surface area contributed by atoms with Crippen LogP contribution in [0.3, 0.4) is 0 Å². The minimum absolute atomic E-state index is 0.182. The van der Waals surface area contributed by atoms with Crippen LogP contribution < -0.4 is 4.90 Å². The Balaban J connectivity index is 1.44. The van der Waals surface area contributed by atoms with E-state index >= 15 is 0 Å². The first-order chi connectivity index (χ1) is 15.0. The Morgan fingerprint density at radius 1 is 0.903 bits per heavy atom. The minimum Gasteiger partial charge on any atom is -0.308 e. The van der Waals surface area contributed by atoms with Gasteiger partial charge >= 0.3 is 0 Å². The Kier molecular flexibility index (Phi) is 4.62. The van der Waals surface area contributed by atoms with E-state index in [1.165, 1.54) is 23.1 Å². The average Bonchev–Trinajstić information content (AvgIpc) is 3.03. The molecule has 0 saturated carbocycles. The van der Waals surface area contributed by atoms with Crippen molar-refractivity contribution in [2.45, 2.75) is 19.4 Å². The summed E-state index contributed by atoms with van der Waals surface area (Å²) in [5, 5.41) is 0. The van der Waals surface area contributed by atoms with Crippen LogP contribution in [0.15, 0.2) is 66.7 Å². The molecule has 0 radical (unpaired) electrons. The highest BCUT2D eigenvalue weighted by Crippen LogP contribution is 2.31. The van der Waals surface area contributed by atoms with Gasteiger partial charge in [0.15, 0.2) is 0 Å². The van der Waals surface area contributed by atoms with Crippen molar-refractivity contribution < 1.29 is 18.8 Å². The molecule has 31 heavy (non-hydrogen) atoms. The van der Waals surface area contributed by atoms with E-state index in [2.05, 4.69) is 0 Å². The minimum atomic E-state index is -0.403. The second kappa shape index (κ2) is 7.47. The van der Waals surface area contributed by atoms with Crippen LogP contribution in [0.1, 0.15) is 48.6 Å². The van der Waals surface area contributed by atoms with Gasteiger partial charge in [-0.25, -0.2) is 4.39 Å². The molecular weight excluding hydrogens is 395 g/mol. The molecule has 5 rings (SSSR count). The van der Waals surface area contributed by atoms with Crippen LogP contribution in [0.5, 0.6) is 0 Å². The van der Waals surface area contributed by atoms with E-state index in [-0.39, 0.29) is 29.7 Å². The number of carbonyl (C=O) groups is 3. The molecule has 0 aromatic heterocycles. The summed E-state index contributed by atoms with van der Waals surface area (Å²) in [5.74, 6) is -1.36. The lowest BCUT2D eigenvalue weighted by Gasteiger charge is -2.29. The van der Waals surface area contributed by atoms with Crippen molar-refractivity contribution in [3.63, 3.8) is 0 Å². The maximum absolute atomic E-state index is 13.6. The molecule has 154 valence electrons. The summed E-state index contributed by atoms with van der Waals surface area (Å²) >= 11 is 0. The highest BCUT2D eigenvalue weighted by molar-refractivity contribution is 6.22. The summed E-state index contributed by atoms with van der Waals surface area (Å²) in [5.41, 5.74) is 3.21. The number of amides is 3. The normalized spacial score (nSPS) is 15.1. The topological polar surface area (TPSA) is 57.7 Å². The van der Waals surface area contributed by atoms with Crippen LogP contribution in [-0.2, 0) is 13.0 Å². The molecule has 0 bridgehead atoms. The Morgan fingerprint density at radius 3 is 2.48 bits per heavy atom. The van der Waals surface area contributed by atoms with Gasteiger partial charge < -0.3 is 4.90 Å². The number of nitrogens with zero attached hydrogens (tertiary/aromatic N) is 2. The standard InChI is InChI=1S/C25H19FN2O3/c26-19-9-11-22-17(13-19)7-4-12-27(22)23(29)18-8-10-20-21(14-18)25(31)28(24(20)30)15-16-5-2-1-3-6-16/h1-3,5-6,8-11,13-14H,4,7,12,15H2. The Hall–Kier alpha value is -3.80. The predicted octanol–water partition coefficient (Wildman–Crippen LogP) is 4.21. The number of hydrogen-bond donors (Lipinski definition) is 0. The summed E-state index contributed by atoms with van der Waals surface area (Å²) in [4.78, 5) is 41.7. The van der Waals surface area contributed by atoms with Crippen molar-refractivity contribution in [1.82, 2.24) is 4.90 Å². The number of carbonyl (C=O) groups excluding carboxylic acids is 3. The number of rotatable bonds is 3. The van der Waals surface area contributed by atoms with Crippen LogP contribution in [0.4, 0.5) is 10.1 Å². The summed E-state index contributed by atoms with van der Waals surface area (Å²) in [6.45, 7) is 0.698. The molecule has 3 amide bonds. The quantitative estimate of drug-likeness (QED) is 0.603. The lowest BCUT2D eigenvalue weighted by Crippen LogP contribution is -2.35. The van der Waals surface area contributed by atoms with Gasteiger partial charge in [0.1, 0.15) is 5.82 Å². The van der Waals surface area contributed by atoms with Gasteiger partial charge in [0.2, 0.25) is 0 Å². The van der Waals surface area contributed by atoms with E-state index in [0.717, 1.165) is 17.5 Å². The molecule has 5 nitrogen and oxygen atoms in total. The number of benzene rings is 3. The van der Waals surface area contributed by atoms with Crippen molar-refractivity contribution in [3.05, 3.63) is 100 Å². The third kappa shape index (κ3) is 3.30. The number of halogens is 1. The van der Waals surface area contributed by atoms with Gasteiger partial charge in [-0.15, -0.1) is 0 Å². The molecule has 0 unspecified atom stereocenters. The lowest BCUT2D eigenvalue weighted by atomic mass is 9.99. The molecule has 6 heteroatoms. The van der Waals surface area contributed by atoms with Gasteiger partial charge in [-0.05, 0) is 60.4 Å². The highest BCUT2D eigenvalue weighted by atomic mass is 19.1. The molecule has 3 aromatic rings. The third-order valence-electron chi connectivity index (χ3n) is 5.81. The van der Waals surface area contributed by atoms with Crippen molar-refractivity contribution in [1.29, 1.82) is 0 Å². The van der Waals surface area contributed by atoms with Crippen LogP contribution >= 0.6 is 0 Å². The lowest BCUT2D eigenvalue weighted by molar-refractivity contribution is 0.0642. The maximum atomic E-state index is 13.6. The average molecular weight is 414 g/mol. The van der Waals surface area contributed by atoms with Crippen molar-refractivity contribution >= 4 is 23.4 Å². The molecule has 2 aliphatic rings. The molecular formula is C25H19FN2O3. The van der Waals surface area contributed by atoms with E-state index in [4.69, 9.17) is 0 Å². The van der Waals surface area contributed by atoms with Gasteiger partial charge in [0, 0.05) is 17.8 Å². The van der Waals surface area contributed by atoms with Gasteiger partial charge in [-0.3, -0.25) is 19.3 Å². The molecule has 2 aliphatic heterocycles.